The third-order valence-electron chi connectivity index (χ3n) is 4.18. The van der Waals surface area contributed by atoms with E-state index in [4.69, 9.17) is 0 Å². The van der Waals surface area contributed by atoms with Crippen LogP contribution < -0.4 is 10.6 Å². The van der Waals surface area contributed by atoms with Crippen LogP contribution in [0.5, 0.6) is 0 Å². The summed E-state index contributed by atoms with van der Waals surface area (Å²) in [6.45, 7) is 3.45. The monoisotopic (exact) mass is 216 g/mol. The van der Waals surface area contributed by atoms with Crippen molar-refractivity contribution in [2.75, 3.05) is 17.2 Å². The van der Waals surface area contributed by atoms with Gasteiger partial charge in [0.05, 0.1) is 16.9 Å². The van der Waals surface area contributed by atoms with Gasteiger partial charge in [-0.05, 0) is 43.7 Å². The molecule has 0 unspecified atom stereocenters. The maximum absolute atomic E-state index is 3.77. The number of rotatable bonds is 0. The molecule has 1 heterocycles. The maximum Gasteiger partial charge on any atom is 0.0580 e. The normalized spacial score (nSPS) is 32.7. The number of para-hydroxylation sites is 2. The molecule has 0 radical (unpaired) electrons. The topological polar surface area (TPSA) is 24.1 Å². The molecule has 0 saturated heterocycles. The summed E-state index contributed by atoms with van der Waals surface area (Å²) in [4.78, 5) is 0. The highest BCUT2D eigenvalue weighted by molar-refractivity contribution is 5.72. The van der Waals surface area contributed by atoms with Gasteiger partial charge in [0, 0.05) is 6.54 Å². The van der Waals surface area contributed by atoms with Crippen LogP contribution in [0.3, 0.4) is 0 Å². The Morgan fingerprint density at radius 1 is 1.12 bits per heavy atom. The van der Waals surface area contributed by atoms with Crippen molar-refractivity contribution in [3.05, 3.63) is 24.3 Å². The standard InChI is InChI=1S/C14H20N2/c1-11-6-8-14(9-7-11)10-15-12-4-2-3-5-13(12)16-14/h2-5,11,15-16H,6-10H2,1H3. The van der Waals surface area contributed by atoms with Crippen LogP contribution in [0.15, 0.2) is 24.3 Å². The molecule has 2 N–H and O–H groups in total. The van der Waals surface area contributed by atoms with Crippen molar-refractivity contribution >= 4 is 11.4 Å². The van der Waals surface area contributed by atoms with E-state index < -0.39 is 0 Å². The molecule has 2 nitrogen and oxygen atoms in total. The van der Waals surface area contributed by atoms with E-state index in [0.717, 1.165) is 12.5 Å². The number of fused-ring (bicyclic) bond motifs is 1. The third kappa shape index (κ3) is 1.66. The smallest absolute Gasteiger partial charge is 0.0580 e. The van der Waals surface area contributed by atoms with E-state index in [2.05, 4.69) is 41.8 Å². The van der Waals surface area contributed by atoms with Crippen molar-refractivity contribution in [3.8, 4) is 0 Å². The molecule has 16 heavy (non-hydrogen) atoms. The van der Waals surface area contributed by atoms with Gasteiger partial charge in [0.15, 0.2) is 0 Å². The minimum Gasteiger partial charge on any atom is -0.381 e. The molecule has 3 rings (SSSR count). The molecule has 0 aromatic heterocycles. The van der Waals surface area contributed by atoms with E-state index in [1.807, 2.05) is 0 Å². The summed E-state index contributed by atoms with van der Waals surface area (Å²) in [7, 11) is 0. The highest BCUT2D eigenvalue weighted by Crippen LogP contribution is 2.39. The van der Waals surface area contributed by atoms with Crippen molar-refractivity contribution in [1.29, 1.82) is 0 Å². The second kappa shape index (κ2) is 3.69. The van der Waals surface area contributed by atoms with Crippen LogP contribution in [-0.2, 0) is 0 Å². The van der Waals surface area contributed by atoms with Gasteiger partial charge in [-0.2, -0.15) is 0 Å². The second-order valence-corrected chi connectivity index (χ2v) is 5.49. The Morgan fingerprint density at radius 2 is 1.81 bits per heavy atom. The molecule has 0 amide bonds. The molecular weight excluding hydrogens is 196 g/mol. The molecule has 2 heteroatoms. The third-order valence-corrected chi connectivity index (χ3v) is 4.18. The lowest BCUT2D eigenvalue weighted by Crippen LogP contribution is -2.49. The Kier molecular flexibility index (Phi) is 2.31. The number of benzene rings is 1. The van der Waals surface area contributed by atoms with Crippen LogP contribution in [0, 0.1) is 5.92 Å². The van der Waals surface area contributed by atoms with Crippen molar-refractivity contribution in [2.45, 2.75) is 38.1 Å². The summed E-state index contributed by atoms with van der Waals surface area (Å²) in [5.41, 5.74) is 2.86. The van der Waals surface area contributed by atoms with E-state index in [1.165, 1.54) is 37.1 Å². The summed E-state index contributed by atoms with van der Waals surface area (Å²) >= 11 is 0. The SMILES string of the molecule is CC1CCC2(CC1)CNc1ccccc1N2. The number of nitrogens with one attached hydrogen (secondary N) is 2. The van der Waals surface area contributed by atoms with Gasteiger partial charge in [-0.15, -0.1) is 0 Å². The quantitative estimate of drug-likeness (QED) is 0.694. The Balaban J connectivity index is 1.82. The molecule has 1 fully saturated rings. The highest BCUT2D eigenvalue weighted by Gasteiger charge is 2.36. The molecule has 0 bridgehead atoms. The highest BCUT2D eigenvalue weighted by atomic mass is 15.1. The van der Waals surface area contributed by atoms with Gasteiger partial charge < -0.3 is 10.6 Å². The molecule has 1 aliphatic heterocycles. The lowest BCUT2D eigenvalue weighted by Gasteiger charge is -2.44. The average Bonchev–Trinajstić information content (AvgIpc) is 2.33. The molecule has 86 valence electrons. The van der Waals surface area contributed by atoms with Gasteiger partial charge in [-0.1, -0.05) is 19.1 Å². The van der Waals surface area contributed by atoms with Crippen LogP contribution >= 0.6 is 0 Å². The molecular formula is C14H20N2. The van der Waals surface area contributed by atoms with Gasteiger partial charge in [0.2, 0.25) is 0 Å². The van der Waals surface area contributed by atoms with E-state index in [1.54, 1.807) is 0 Å². The molecule has 1 saturated carbocycles. The zero-order valence-corrected chi connectivity index (χ0v) is 9.92. The predicted octanol–water partition coefficient (Wildman–Crippen LogP) is 3.47. The fourth-order valence-corrected chi connectivity index (χ4v) is 2.96. The fraction of sp³-hybridized carbons (Fsp3) is 0.571. The summed E-state index contributed by atoms with van der Waals surface area (Å²) in [5.74, 6) is 0.907. The average molecular weight is 216 g/mol. The summed E-state index contributed by atoms with van der Waals surface area (Å²) < 4.78 is 0. The van der Waals surface area contributed by atoms with E-state index in [-0.39, 0.29) is 0 Å². The summed E-state index contributed by atoms with van der Waals surface area (Å²) in [6.07, 6.45) is 5.32. The van der Waals surface area contributed by atoms with Crippen LogP contribution in [0.25, 0.3) is 0 Å². The van der Waals surface area contributed by atoms with Gasteiger partial charge in [-0.25, -0.2) is 0 Å². The first kappa shape index (κ1) is 10.0. The Bertz CT molecular complexity index is 378. The first-order valence-electron chi connectivity index (χ1n) is 6.39. The van der Waals surface area contributed by atoms with Crippen LogP contribution in [-0.4, -0.2) is 12.1 Å². The van der Waals surface area contributed by atoms with Crippen molar-refractivity contribution in [1.82, 2.24) is 0 Å². The van der Waals surface area contributed by atoms with Crippen LogP contribution in [0.2, 0.25) is 0 Å². The van der Waals surface area contributed by atoms with Crippen molar-refractivity contribution in [2.24, 2.45) is 5.92 Å². The fourth-order valence-electron chi connectivity index (χ4n) is 2.96. The molecule has 2 aliphatic rings. The summed E-state index contributed by atoms with van der Waals surface area (Å²) in [6, 6.07) is 8.54. The Morgan fingerprint density at radius 3 is 2.56 bits per heavy atom. The number of hydrogen-bond acceptors (Lipinski definition) is 2. The number of hydrogen-bond donors (Lipinski definition) is 2. The van der Waals surface area contributed by atoms with Gasteiger partial charge in [0.25, 0.3) is 0 Å². The Hall–Kier alpha value is -1.18. The van der Waals surface area contributed by atoms with Gasteiger partial charge >= 0.3 is 0 Å². The summed E-state index contributed by atoms with van der Waals surface area (Å²) in [5, 5.41) is 7.35. The number of anilines is 2. The van der Waals surface area contributed by atoms with Crippen LogP contribution in [0.1, 0.15) is 32.6 Å². The molecule has 1 aromatic carbocycles. The molecule has 1 aromatic rings. The molecule has 1 spiro atoms. The predicted molar refractivity (Wildman–Crippen MR) is 68.9 cm³/mol. The first-order chi connectivity index (χ1) is 7.77. The van der Waals surface area contributed by atoms with Crippen LogP contribution in [0.4, 0.5) is 11.4 Å². The zero-order valence-electron chi connectivity index (χ0n) is 9.92. The van der Waals surface area contributed by atoms with Gasteiger partial charge in [-0.3, -0.25) is 0 Å². The minimum absolute atomic E-state index is 0.320. The molecule has 0 atom stereocenters. The largest absolute Gasteiger partial charge is 0.381 e. The lowest BCUT2D eigenvalue weighted by atomic mass is 9.76. The lowest BCUT2D eigenvalue weighted by molar-refractivity contribution is 0.274. The van der Waals surface area contributed by atoms with E-state index in [0.29, 0.717) is 5.54 Å². The first-order valence-corrected chi connectivity index (χ1v) is 6.39. The maximum atomic E-state index is 3.77. The minimum atomic E-state index is 0.320. The zero-order chi connectivity index (χ0) is 11.0. The molecule has 1 aliphatic carbocycles. The second-order valence-electron chi connectivity index (χ2n) is 5.49. The van der Waals surface area contributed by atoms with Crippen molar-refractivity contribution < 1.29 is 0 Å². The van der Waals surface area contributed by atoms with E-state index >= 15 is 0 Å². The van der Waals surface area contributed by atoms with Crippen molar-refractivity contribution in [3.63, 3.8) is 0 Å². The Labute approximate surface area is 97.4 Å². The van der Waals surface area contributed by atoms with E-state index in [9.17, 15) is 0 Å². The van der Waals surface area contributed by atoms with Gasteiger partial charge in [0.1, 0.15) is 0 Å².